The van der Waals surface area contributed by atoms with Crippen LogP contribution in [0.1, 0.15) is 12.0 Å². The van der Waals surface area contributed by atoms with Crippen molar-refractivity contribution < 1.29 is 4.92 Å². The maximum absolute atomic E-state index is 10.7. The van der Waals surface area contributed by atoms with Crippen LogP contribution < -0.4 is 0 Å². The van der Waals surface area contributed by atoms with E-state index in [0.29, 0.717) is 6.42 Å². The van der Waals surface area contributed by atoms with E-state index < -0.39 is 4.92 Å². The Kier molecular flexibility index (Phi) is 4.82. The fourth-order valence-electron chi connectivity index (χ4n) is 1.09. The summed E-state index contributed by atoms with van der Waals surface area (Å²) in [6, 6.07) is 4.36. The van der Waals surface area contributed by atoms with E-state index in [-0.39, 0.29) is 22.8 Å². The normalized spacial score (nSPS) is 8.76. The fraction of sp³-hybridized carbons (Fsp3) is 0.200. The molecule has 0 amide bonds. The molecule has 0 aliphatic heterocycles. The fourth-order valence-corrected chi connectivity index (χ4v) is 1.31. The smallest absolute Gasteiger partial charge is 0.258 e. The minimum Gasteiger partial charge on any atom is -0.258 e. The van der Waals surface area contributed by atoms with Crippen LogP contribution in [0.2, 0.25) is 5.02 Å². The molecule has 0 radical (unpaired) electrons. The van der Waals surface area contributed by atoms with Gasteiger partial charge in [0.25, 0.3) is 5.69 Å². The van der Waals surface area contributed by atoms with Gasteiger partial charge < -0.3 is 0 Å². The number of hydrogen-bond donors (Lipinski definition) is 0. The van der Waals surface area contributed by atoms with Gasteiger partial charge in [-0.05, 0) is 11.6 Å². The average molecular weight is 251 g/mol. The van der Waals surface area contributed by atoms with E-state index >= 15 is 0 Å². The number of halogens is 1. The lowest BCUT2D eigenvalue weighted by molar-refractivity contribution is -0.385. The average Bonchev–Trinajstić information content (AvgIpc) is 2.30. The van der Waals surface area contributed by atoms with Crippen molar-refractivity contribution in [2.24, 2.45) is 5.11 Å². The molecular formula is C10H7ClN4O2. The molecule has 1 aromatic rings. The first-order valence-corrected chi connectivity index (χ1v) is 4.97. The van der Waals surface area contributed by atoms with E-state index in [1.54, 1.807) is 0 Å². The van der Waals surface area contributed by atoms with Gasteiger partial charge in [-0.25, -0.2) is 0 Å². The van der Waals surface area contributed by atoms with Gasteiger partial charge in [0.05, 0.1) is 9.95 Å². The van der Waals surface area contributed by atoms with Gasteiger partial charge in [0.2, 0.25) is 0 Å². The number of hydrogen-bond acceptors (Lipinski definition) is 3. The first kappa shape index (κ1) is 12.8. The number of nitro groups is 1. The number of benzene rings is 1. The summed E-state index contributed by atoms with van der Waals surface area (Å²) in [6.45, 7) is 0.224. The highest BCUT2D eigenvalue weighted by atomic mass is 35.5. The SMILES string of the molecule is [N-]=[N+]=NCCC#Cc1c(Cl)cccc1[N+](=O)[O-]. The molecule has 0 aliphatic rings. The predicted molar refractivity (Wildman–Crippen MR) is 63.6 cm³/mol. The van der Waals surface area contributed by atoms with Crippen LogP contribution in [0.15, 0.2) is 23.3 Å². The number of rotatable bonds is 3. The van der Waals surface area contributed by atoms with Gasteiger partial charge in [-0.15, -0.1) is 0 Å². The van der Waals surface area contributed by atoms with Gasteiger partial charge in [-0.3, -0.25) is 10.1 Å². The predicted octanol–water partition coefficient (Wildman–Crippen LogP) is 3.30. The van der Waals surface area contributed by atoms with Gasteiger partial charge in [-0.1, -0.05) is 34.6 Å². The molecule has 0 heterocycles. The number of azide groups is 1. The molecule has 0 saturated carbocycles. The van der Waals surface area contributed by atoms with Crippen molar-refractivity contribution in [1.82, 2.24) is 0 Å². The minimum atomic E-state index is -0.538. The molecule has 0 fully saturated rings. The molecule has 0 aliphatic carbocycles. The largest absolute Gasteiger partial charge is 0.286 e. The molecule has 7 heteroatoms. The second-order valence-electron chi connectivity index (χ2n) is 2.90. The minimum absolute atomic E-state index is 0.131. The molecule has 0 unspecified atom stereocenters. The number of nitro benzene ring substituents is 1. The summed E-state index contributed by atoms with van der Waals surface area (Å²) in [5.74, 6) is 5.28. The van der Waals surface area contributed by atoms with Crippen molar-refractivity contribution in [2.45, 2.75) is 6.42 Å². The van der Waals surface area contributed by atoms with E-state index in [9.17, 15) is 10.1 Å². The van der Waals surface area contributed by atoms with Crippen LogP contribution in [0, 0.1) is 22.0 Å². The van der Waals surface area contributed by atoms with Crippen LogP contribution in [0.25, 0.3) is 10.4 Å². The van der Waals surface area contributed by atoms with E-state index in [0.717, 1.165) is 0 Å². The van der Waals surface area contributed by atoms with Gasteiger partial charge >= 0.3 is 0 Å². The van der Waals surface area contributed by atoms with E-state index in [4.69, 9.17) is 17.1 Å². The molecule has 0 bridgehead atoms. The van der Waals surface area contributed by atoms with Gasteiger partial charge in [0.1, 0.15) is 5.56 Å². The van der Waals surface area contributed by atoms with Crippen LogP contribution in [-0.4, -0.2) is 11.5 Å². The van der Waals surface area contributed by atoms with Crippen molar-refractivity contribution >= 4 is 17.3 Å². The zero-order valence-corrected chi connectivity index (χ0v) is 9.39. The molecule has 0 N–H and O–H groups in total. The highest BCUT2D eigenvalue weighted by Gasteiger charge is 2.13. The lowest BCUT2D eigenvalue weighted by atomic mass is 10.2. The van der Waals surface area contributed by atoms with Gasteiger partial charge in [0, 0.05) is 23.9 Å². The van der Waals surface area contributed by atoms with Crippen molar-refractivity contribution in [3.05, 3.63) is 49.3 Å². The van der Waals surface area contributed by atoms with E-state index in [2.05, 4.69) is 21.9 Å². The zero-order chi connectivity index (χ0) is 12.7. The Bertz CT molecular complexity index is 541. The summed E-state index contributed by atoms with van der Waals surface area (Å²) in [5.41, 5.74) is 8.09. The van der Waals surface area contributed by atoms with Gasteiger partial charge in [-0.2, -0.15) is 0 Å². The molecule has 17 heavy (non-hydrogen) atoms. The summed E-state index contributed by atoms with van der Waals surface area (Å²) in [7, 11) is 0. The highest BCUT2D eigenvalue weighted by Crippen LogP contribution is 2.24. The highest BCUT2D eigenvalue weighted by molar-refractivity contribution is 6.32. The second-order valence-corrected chi connectivity index (χ2v) is 3.30. The van der Waals surface area contributed by atoms with E-state index in [1.807, 2.05) is 0 Å². The Balaban J connectivity index is 2.96. The second kappa shape index (κ2) is 6.38. The van der Waals surface area contributed by atoms with Crippen LogP contribution in [0.4, 0.5) is 5.69 Å². The lowest BCUT2D eigenvalue weighted by Crippen LogP contribution is -1.92. The topological polar surface area (TPSA) is 91.9 Å². The summed E-state index contributed by atoms with van der Waals surface area (Å²) in [5, 5.41) is 14.2. The van der Waals surface area contributed by atoms with Crippen molar-refractivity contribution in [2.75, 3.05) is 6.54 Å². The Morgan fingerprint density at radius 3 is 3.00 bits per heavy atom. The van der Waals surface area contributed by atoms with Crippen molar-refractivity contribution in [3.8, 4) is 11.8 Å². The third-order valence-corrected chi connectivity index (χ3v) is 2.12. The molecule has 1 rings (SSSR count). The van der Waals surface area contributed by atoms with E-state index in [1.165, 1.54) is 18.2 Å². The monoisotopic (exact) mass is 250 g/mol. The molecule has 0 atom stereocenters. The Labute approximate surface area is 102 Å². The molecule has 86 valence electrons. The quantitative estimate of drug-likeness (QED) is 0.157. The Morgan fingerprint density at radius 2 is 2.35 bits per heavy atom. The third-order valence-electron chi connectivity index (χ3n) is 1.80. The Hall–Kier alpha value is -2.22. The third kappa shape index (κ3) is 3.68. The molecule has 6 nitrogen and oxygen atoms in total. The molecule has 0 spiro atoms. The molecular weight excluding hydrogens is 244 g/mol. The van der Waals surface area contributed by atoms with Crippen LogP contribution in [-0.2, 0) is 0 Å². The summed E-state index contributed by atoms with van der Waals surface area (Å²) in [6.07, 6.45) is 0.326. The zero-order valence-electron chi connectivity index (χ0n) is 8.63. The lowest BCUT2D eigenvalue weighted by Gasteiger charge is -1.97. The molecule has 0 aromatic heterocycles. The first-order chi connectivity index (χ1) is 8.16. The van der Waals surface area contributed by atoms with Gasteiger partial charge in [0.15, 0.2) is 0 Å². The Morgan fingerprint density at radius 1 is 1.59 bits per heavy atom. The number of nitrogens with zero attached hydrogens (tertiary/aromatic N) is 4. The summed E-state index contributed by atoms with van der Waals surface area (Å²) < 4.78 is 0. The van der Waals surface area contributed by atoms with Crippen molar-refractivity contribution in [3.63, 3.8) is 0 Å². The van der Waals surface area contributed by atoms with Crippen LogP contribution >= 0.6 is 11.6 Å². The standard InChI is InChI=1S/C10H7ClN4O2/c11-9-5-3-6-10(15(16)17)8(9)4-1-2-7-13-14-12/h3,5-6H,2,7H2. The van der Waals surface area contributed by atoms with Crippen molar-refractivity contribution in [1.29, 1.82) is 0 Å². The maximum Gasteiger partial charge on any atom is 0.286 e. The summed E-state index contributed by atoms with van der Waals surface area (Å²) >= 11 is 5.82. The molecule has 0 saturated heterocycles. The summed E-state index contributed by atoms with van der Waals surface area (Å²) in [4.78, 5) is 12.7. The van der Waals surface area contributed by atoms with Crippen LogP contribution in [0.3, 0.4) is 0 Å². The molecule has 1 aromatic carbocycles. The maximum atomic E-state index is 10.7. The first-order valence-electron chi connectivity index (χ1n) is 4.59. The van der Waals surface area contributed by atoms with Crippen LogP contribution in [0.5, 0.6) is 0 Å².